The smallest absolute Gasteiger partial charge is 0.286 e. The Bertz CT molecular complexity index is 761. The lowest BCUT2D eigenvalue weighted by molar-refractivity contribution is 0.0936. The third-order valence-corrected chi connectivity index (χ3v) is 4.34. The van der Waals surface area contributed by atoms with E-state index in [0.29, 0.717) is 0 Å². The molecule has 1 aliphatic rings. The van der Waals surface area contributed by atoms with Gasteiger partial charge in [-0.05, 0) is 36.5 Å². The summed E-state index contributed by atoms with van der Waals surface area (Å²) in [5, 5.41) is 2.46. The van der Waals surface area contributed by atoms with Crippen molar-refractivity contribution in [2.45, 2.75) is 39.5 Å². The average Bonchev–Trinajstić information content (AvgIpc) is 2.55. The van der Waals surface area contributed by atoms with Crippen molar-refractivity contribution in [3.63, 3.8) is 0 Å². The molecule has 130 valence electrons. The fourth-order valence-corrected chi connectivity index (χ4v) is 3.10. The molecular formula is C19H24FNO3. The molecule has 1 amide bonds. The molecule has 1 heterocycles. The second-order valence-electron chi connectivity index (χ2n) is 6.57. The first-order valence-corrected chi connectivity index (χ1v) is 8.36. The van der Waals surface area contributed by atoms with E-state index >= 15 is 0 Å². The summed E-state index contributed by atoms with van der Waals surface area (Å²) in [5.74, 6) is 0.917. The van der Waals surface area contributed by atoms with E-state index in [1.54, 1.807) is 0 Å². The highest BCUT2D eigenvalue weighted by atomic mass is 19.1. The van der Waals surface area contributed by atoms with Crippen LogP contribution in [0.3, 0.4) is 0 Å². The summed E-state index contributed by atoms with van der Waals surface area (Å²) < 4.78 is 18.1. The van der Waals surface area contributed by atoms with E-state index in [1.165, 1.54) is 44.9 Å². The Morgan fingerprint density at radius 3 is 2.42 bits per heavy atom. The first-order valence-electron chi connectivity index (χ1n) is 8.36. The van der Waals surface area contributed by atoms with Gasteiger partial charge in [-0.2, -0.15) is 0 Å². The van der Waals surface area contributed by atoms with Crippen molar-refractivity contribution in [2.24, 2.45) is 11.8 Å². The molecule has 0 bridgehead atoms. The standard InChI is InChI=1S/C11H8FNO3.C8H16/c1-13-11(15)10-5-8(14)7-4-6(12)2-3-9(7)16-10;1-7-4-3-5-8(2)6-7/h2-5H,1H3,(H,13,15);7-8H,3-6H2,1-2H3. The number of carbonyl (C=O) groups is 1. The van der Waals surface area contributed by atoms with Gasteiger partial charge in [-0.3, -0.25) is 9.59 Å². The maximum Gasteiger partial charge on any atom is 0.286 e. The van der Waals surface area contributed by atoms with Crippen molar-refractivity contribution >= 4 is 16.9 Å². The summed E-state index contributed by atoms with van der Waals surface area (Å²) in [4.78, 5) is 22.8. The van der Waals surface area contributed by atoms with E-state index in [2.05, 4.69) is 19.2 Å². The molecule has 3 rings (SSSR count). The molecule has 1 N–H and O–H groups in total. The van der Waals surface area contributed by atoms with Gasteiger partial charge >= 0.3 is 0 Å². The topological polar surface area (TPSA) is 59.3 Å². The first-order chi connectivity index (χ1) is 11.4. The largest absolute Gasteiger partial charge is 0.451 e. The third-order valence-electron chi connectivity index (χ3n) is 4.34. The summed E-state index contributed by atoms with van der Waals surface area (Å²) in [5.41, 5.74) is -0.258. The molecule has 2 aromatic rings. The molecule has 5 heteroatoms. The maximum atomic E-state index is 12.9. The number of nitrogens with one attached hydrogen (secondary N) is 1. The van der Waals surface area contributed by atoms with Crippen LogP contribution in [0.2, 0.25) is 0 Å². The zero-order valence-electron chi connectivity index (χ0n) is 14.4. The summed E-state index contributed by atoms with van der Waals surface area (Å²) in [6, 6.07) is 4.60. The van der Waals surface area contributed by atoms with Crippen molar-refractivity contribution in [1.82, 2.24) is 5.32 Å². The lowest BCUT2D eigenvalue weighted by Gasteiger charge is -2.22. The zero-order valence-corrected chi connectivity index (χ0v) is 14.4. The van der Waals surface area contributed by atoms with Gasteiger partial charge in [0.15, 0.2) is 11.2 Å². The molecule has 4 nitrogen and oxygen atoms in total. The summed E-state index contributed by atoms with van der Waals surface area (Å²) in [7, 11) is 1.43. The number of hydrogen-bond acceptors (Lipinski definition) is 3. The van der Waals surface area contributed by atoms with Gasteiger partial charge in [-0.1, -0.05) is 33.1 Å². The molecule has 2 atom stereocenters. The van der Waals surface area contributed by atoms with Crippen LogP contribution >= 0.6 is 0 Å². The number of benzene rings is 1. The van der Waals surface area contributed by atoms with E-state index < -0.39 is 17.2 Å². The van der Waals surface area contributed by atoms with Crippen LogP contribution in [0.5, 0.6) is 0 Å². The van der Waals surface area contributed by atoms with E-state index in [9.17, 15) is 14.0 Å². The van der Waals surface area contributed by atoms with Crippen molar-refractivity contribution < 1.29 is 13.6 Å². The van der Waals surface area contributed by atoms with E-state index in [1.807, 2.05) is 0 Å². The van der Waals surface area contributed by atoms with Crippen molar-refractivity contribution in [1.29, 1.82) is 0 Å². The zero-order chi connectivity index (χ0) is 17.7. The van der Waals surface area contributed by atoms with Gasteiger partial charge in [0.1, 0.15) is 11.4 Å². The van der Waals surface area contributed by atoms with Crippen molar-refractivity contribution in [2.75, 3.05) is 7.05 Å². The van der Waals surface area contributed by atoms with Gasteiger partial charge in [-0.25, -0.2) is 4.39 Å². The Labute approximate surface area is 141 Å². The van der Waals surface area contributed by atoms with Crippen LogP contribution in [0, 0.1) is 17.7 Å². The fourth-order valence-electron chi connectivity index (χ4n) is 3.10. The molecular weight excluding hydrogens is 309 g/mol. The number of rotatable bonds is 1. The number of amides is 1. The lowest BCUT2D eigenvalue weighted by Crippen LogP contribution is -2.19. The van der Waals surface area contributed by atoms with Crippen LogP contribution in [0.4, 0.5) is 4.39 Å². The molecule has 1 aliphatic carbocycles. The quantitative estimate of drug-likeness (QED) is 0.854. The summed E-state index contributed by atoms with van der Waals surface area (Å²) >= 11 is 0. The first kappa shape index (κ1) is 18.2. The van der Waals surface area contributed by atoms with Crippen LogP contribution in [0.25, 0.3) is 11.0 Å². The van der Waals surface area contributed by atoms with Gasteiger partial charge in [0.2, 0.25) is 0 Å². The number of fused-ring (bicyclic) bond motifs is 1. The minimum absolute atomic E-state index is 0.0911. The Balaban J connectivity index is 0.000000219. The average molecular weight is 333 g/mol. The number of carbonyl (C=O) groups excluding carboxylic acids is 1. The Morgan fingerprint density at radius 1 is 1.21 bits per heavy atom. The Kier molecular flexibility index (Phi) is 6.12. The molecule has 1 fully saturated rings. The van der Waals surface area contributed by atoms with Gasteiger partial charge in [-0.15, -0.1) is 0 Å². The minimum Gasteiger partial charge on any atom is -0.451 e. The molecule has 2 unspecified atom stereocenters. The van der Waals surface area contributed by atoms with E-state index in [4.69, 9.17) is 4.42 Å². The molecule has 0 radical (unpaired) electrons. The monoisotopic (exact) mass is 333 g/mol. The lowest BCUT2D eigenvalue weighted by atomic mass is 9.84. The second-order valence-corrected chi connectivity index (χ2v) is 6.57. The maximum absolute atomic E-state index is 12.9. The second kappa shape index (κ2) is 8.08. The fraction of sp³-hybridized carbons (Fsp3) is 0.474. The minimum atomic E-state index is -0.521. The van der Waals surface area contributed by atoms with Crippen LogP contribution in [0.15, 0.2) is 33.5 Å². The highest BCUT2D eigenvalue weighted by molar-refractivity contribution is 5.92. The molecule has 1 aromatic heterocycles. The Hall–Kier alpha value is -2.17. The summed E-state index contributed by atoms with van der Waals surface area (Å²) in [6.07, 6.45) is 5.90. The van der Waals surface area contributed by atoms with Crippen molar-refractivity contribution in [3.8, 4) is 0 Å². The normalized spacial score (nSPS) is 20.2. The van der Waals surface area contributed by atoms with Crippen LogP contribution in [0.1, 0.15) is 50.1 Å². The molecule has 0 aliphatic heterocycles. The van der Waals surface area contributed by atoms with Gasteiger partial charge in [0, 0.05) is 13.1 Å². The van der Waals surface area contributed by atoms with Gasteiger partial charge in [0.25, 0.3) is 5.91 Å². The number of hydrogen-bond donors (Lipinski definition) is 1. The van der Waals surface area contributed by atoms with E-state index in [-0.39, 0.29) is 16.7 Å². The molecule has 1 saturated carbocycles. The van der Waals surface area contributed by atoms with Crippen LogP contribution in [-0.2, 0) is 0 Å². The highest BCUT2D eigenvalue weighted by Crippen LogP contribution is 2.27. The van der Waals surface area contributed by atoms with E-state index in [0.717, 1.165) is 24.0 Å². The third kappa shape index (κ3) is 4.66. The van der Waals surface area contributed by atoms with Gasteiger partial charge in [0.05, 0.1) is 5.39 Å². The predicted molar refractivity (Wildman–Crippen MR) is 92.6 cm³/mol. The SMILES string of the molecule is CC1CCCC(C)C1.CNC(=O)c1cc(=O)c2cc(F)ccc2o1. The predicted octanol–water partition coefficient (Wildman–Crippen LogP) is 4.12. The molecule has 24 heavy (non-hydrogen) atoms. The van der Waals surface area contributed by atoms with Crippen molar-refractivity contribution in [3.05, 3.63) is 46.1 Å². The number of halogens is 1. The summed E-state index contributed by atoms with van der Waals surface area (Å²) in [6.45, 7) is 4.74. The molecule has 0 spiro atoms. The molecule has 1 aromatic carbocycles. The van der Waals surface area contributed by atoms with Crippen LogP contribution in [-0.4, -0.2) is 13.0 Å². The molecule has 0 saturated heterocycles. The van der Waals surface area contributed by atoms with Gasteiger partial charge < -0.3 is 9.73 Å². The van der Waals surface area contributed by atoms with Crippen LogP contribution < -0.4 is 10.7 Å². The Morgan fingerprint density at radius 2 is 1.88 bits per heavy atom. The highest BCUT2D eigenvalue weighted by Gasteiger charge is 2.13.